The monoisotopic (exact) mass is 408 g/mol. The summed E-state index contributed by atoms with van der Waals surface area (Å²) in [6.07, 6.45) is 2.47. The predicted octanol–water partition coefficient (Wildman–Crippen LogP) is 4.66. The summed E-state index contributed by atoms with van der Waals surface area (Å²) in [5.41, 5.74) is 4.11. The molecule has 3 nitrogen and oxygen atoms in total. The van der Waals surface area contributed by atoms with Gasteiger partial charge in [-0.25, -0.2) is 4.68 Å². The molecule has 2 aliphatic carbocycles. The van der Waals surface area contributed by atoms with Crippen molar-refractivity contribution in [1.82, 2.24) is 9.78 Å². The van der Waals surface area contributed by atoms with E-state index in [-0.39, 0.29) is 10.8 Å². The third-order valence-corrected chi connectivity index (χ3v) is 6.89. The molecular weight excluding hydrogens is 387 g/mol. The number of aromatic nitrogens is 2. The number of hydrogen-bond acceptors (Lipinski definition) is 2. The first-order chi connectivity index (χ1) is 10.4. The highest BCUT2D eigenvalue weighted by Gasteiger charge is 2.62. The highest BCUT2D eigenvalue weighted by atomic mass is 127. The maximum atomic E-state index is 5.81. The number of halogens is 1. The van der Waals surface area contributed by atoms with Crippen LogP contribution in [0.5, 0.6) is 5.88 Å². The molecule has 2 bridgehead atoms. The normalized spacial score (nSPS) is 28.0. The molecule has 4 rings (SSSR count). The zero-order valence-electron chi connectivity index (χ0n) is 13.5. The Kier molecular flexibility index (Phi) is 2.97. The summed E-state index contributed by atoms with van der Waals surface area (Å²) < 4.78 is 9.02. The molecule has 0 aliphatic heterocycles. The predicted molar refractivity (Wildman–Crippen MR) is 95.9 cm³/mol. The fourth-order valence-electron chi connectivity index (χ4n) is 4.54. The van der Waals surface area contributed by atoms with E-state index in [4.69, 9.17) is 9.84 Å². The average molecular weight is 408 g/mol. The molecule has 116 valence electrons. The molecule has 1 fully saturated rings. The zero-order chi connectivity index (χ0) is 15.7. The maximum absolute atomic E-state index is 5.81. The molecule has 2 atom stereocenters. The number of benzene rings is 1. The van der Waals surface area contributed by atoms with Gasteiger partial charge in [0.05, 0.1) is 18.5 Å². The smallest absolute Gasteiger partial charge is 0.220 e. The summed E-state index contributed by atoms with van der Waals surface area (Å²) in [6, 6.07) is 8.42. The molecule has 1 aromatic carbocycles. The van der Waals surface area contributed by atoms with E-state index in [1.807, 2.05) is 4.68 Å². The average Bonchev–Trinajstić information content (AvgIpc) is 3.01. The molecule has 0 N–H and O–H groups in total. The van der Waals surface area contributed by atoms with Crippen molar-refractivity contribution in [2.75, 3.05) is 7.11 Å². The van der Waals surface area contributed by atoms with Crippen LogP contribution < -0.4 is 4.74 Å². The van der Waals surface area contributed by atoms with E-state index in [0.29, 0.717) is 5.92 Å². The summed E-state index contributed by atoms with van der Waals surface area (Å²) in [7, 11) is 1.77. The standard InChI is InChI=1S/C18H21IN2O/c1-17(2)13-8-9-18(17,3)15-14(13)16(22-4)21(20-15)12-7-5-6-11(19)10-12/h5-7,10,13H,8-9H2,1-4H3/t13-,18+/m1/s1. The molecule has 1 aromatic heterocycles. The van der Waals surface area contributed by atoms with Crippen LogP contribution in [0.3, 0.4) is 0 Å². The van der Waals surface area contributed by atoms with E-state index in [2.05, 4.69) is 67.6 Å². The SMILES string of the molecule is COc1c2c(nn1-c1cccc(I)c1)[C@]1(C)CC[C@H]2C1(C)C. The Hall–Kier alpha value is -1.04. The second kappa shape index (κ2) is 4.49. The van der Waals surface area contributed by atoms with Crippen LogP contribution in [0.1, 0.15) is 50.8 Å². The van der Waals surface area contributed by atoms with Gasteiger partial charge >= 0.3 is 0 Å². The minimum atomic E-state index is 0.160. The van der Waals surface area contributed by atoms with Crippen LogP contribution in [0, 0.1) is 8.99 Å². The first kappa shape index (κ1) is 14.5. The van der Waals surface area contributed by atoms with Crippen molar-refractivity contribution in [3.8, 4) is 11.6 Å². The van der Waals surface area contributed by atoms with Crippen LogP contribution in [0.2, 0.25) is 0 Å². The van der Waals surface area contributed by atoms with Crippen LogP contribution in [-0.4, -0.2) is 16.9 Å². The van der Waals surface area contributed by atoms with Crippen LogP contribution in [0.15, 0.2) is 24.3 Å². The highest BCUT2D eigenvalue weighted by molar-refractivity contribution is 14.1. The van der Waals surface area contributed by atoms with E-state index in [1.54, 1.807) is 7.11 Å². The van der Waals surface area contributed by atoms with Gasteiger partial charge in [-0.1, -0.05) is 26.8 Å². The molecule has 4 heteroatoms. The van der Waals surface area contributed by atoms with Crippen LogP contribution in [-0.2, 0) is 5.41 Å². The fraction of sp³-hybridized carbons (Fsp3) is 0.500. The first-order valence-electron chi connectivity index (χ1n) is 7.83. The van der Waals surface area contributed by atoms with Crippen molar-refractivity contribution in [1.29, 1.82) is 0 Å². The summed E-state index contributed by atoms with van der Waals surface area (Å²) in [5.74, 6) is 1.48. The minimum absolute atomic E-state index is 0.160. The van der Waals surface area contributed by atoms with Crippen LogP contribution in [0.4, 0.5) is 0 Å². The van der Waals surface area contributed by atoms with E-state index in [1.165, 1.54) is 27.7 Å². The molecule has 1 saturated carbocycles. The zero-order valence-corrected chi connectivity index (χ0v) is 15.6. The van der Waals surface area contributed by atoms with Gasteiger partial charge in [0.2, 0.25) is 5.88 Å². The lowest BCUT2D eigenvalue weighted by Gasteiger charge is -2.34. The first-order valence-corrected chi connectivity index (χ1v) is 8.91. The van der Waals surface area contributed by atoms with Gasteiger partial charge in [0, 0.05) is 14.5 Å². The Morgan fingerprint density at radius 2 is 2.09 bits per heavy atom. The molecule has 2 aromatic rings. The molecule has 2 aliphatic rings. The van der Waals surface area contributed by atoms with Crippen molar-refractivity contribution in [2.24, 2.45) is 5.41 Å². The number of ether oxygens (including phenoxy) is 1. The Balaban J connectivity index is 1.95. The lowest BCUT2D eigenvalue weighted by atomic mass is 9.70. The van der Waals surface area contributed by atoms with Gasteiger partial charge in [-0.15, -0.1) is 0 Å². The van der Waals surface area contributed by atoms with E-state index in [9.17, 15) is 0 Å². The Morgan fingerprint density at radius 1 is 1.32 bits per heavy atom. The summed E-state index contributed by atoms with van der Waals surface area (Å²) >= 11 is 2.34. The maximum Gasteiger partial charge on any atom is 0.220 e. The van der Waals surface area contributed by atoms with Crippen LogP contribution >= 0.6 is 22.6 Å². The second-order valence-electron chi connectivity index (χ2n) is 7.31. The molecule has 0 saturated heterocycles. The lowest BCUT2D eigenvalue weighted by molar-refractivity contribution is 0.222. The number of hydrogen-bond donors (Lipinski definition) is 0. The van der Waals surface area contributed by atoms with Gasteiger partial charge in [-0.05, 0) is 65.0 Å². The van der Waals surface area contributed by atoms with Crippen molar-refractivity contribution in [3.05, 3.63) is 39.1 Å². The largest absolute Gasteiger partial charge is 0.481 e. The van der Waals surface area contributed by atoms with Crippen molar-refractivity contribution < 1.29 is 4.74 Å². The Bertz CT molecular complexity index is 764. The Morgan fingerprint density at radius 3 is 2.77 bits per heavy atom. The summed E-state index contributed by atoms with van der Waals surface area (Å²) in [4.78, 5) is 0. The highest BCUT2D eigenvalue weighted by Crippen LogP contribution is 2.69. The molecule has 1 heterocycles. The van der Waals surface area contributed by atoms with Gasteiger partial charge in [0.1, 0.15) is 0 Å². The van der Waals surface area contributed by atoms with Crippen molar-refractivity contribution in [3.63, 3.8) is 0 Å². The fourth-order valence-corrected chi connectivity index (χ4v) is 5.07. The quantitative estimate of drug-likeness (QED) is 0.676. The van der Waals surface area contributed by atoms with E-state index >= 15 is 0 Å². The Labute approximate surface area is 145 Å². The van der Waals surface area contributed by atoms with Gasteiger partial charge in [0.25, 0.3) is 0 Å². The number of fused-ring (bicyclic) bond motifs is 5. The molecular formula is C18H21IN2O. The lowest BCUT2D eigenvalue weighted by Crippen LogP contribution is -2.32. The summed E-state index contributed by atoms with van der Waals surface area (Å²) in [6.45, 7) is 7.16. The van der Waals surface area contributed by atoms with Gasteiger partial charge in [-0.2, -0.15) is 5.10 Å². The van der Waals surface area contributed by atoms with E-state index in [0.717, 1.165) is 11.6 Å². The molecule has 0 spiro atoms. The number of nitrogens with zero attached hydrogens (tertiary/aromatic N) is 2. The molecule has 0 amide bonds. The van der Waals surface area contributed by atoms with Gasteiger partial charge in [-0.3, -0.25) is 0 Å². The molecule has 22 heavy (non-hydrogen) atoms. The minimum Gasteiger partial charge on any atom is -0.481 e. The van der Waals surface area contributed by atoms with E-state index < -0.39 is 0 Å². The number of rotatable bonds is 2. The van der Waals surface area contributed by atoms with Crippen molar-refractivity contribution >= 4 is 22.6 Å². The topological polar surface area (TPSA) is 27.1 Å². The second-order valence-corrected chi connectivity index (χ2v) is 8.55. The van der Waals surface area contributed by atoms with Gasteiger partial charge in [0.15, 0.2) is 0 Å². The van der Waals surface area contributed by atoms with Crippen LogP contribution in [0.25, 0.3) is 5.69 Å². The molecule has 0 radical (unpaired) electrons. The molecule has 0 unspecified atom stereocenters. The summed E-state index contributed by atoms with van der Waals surface area (Å²) in [5, 5.41) is 5.01. The van der Waals surface area contributed by atoms with Crippen molar-refractivity contribution in [2.45, 2.75) is 44.9 Å². The third kappa shape index (κ3) is 1.59. The number of methoxy groups -OCH3 is 1. The third-order valence-electron chi connectivity index (χ3n) is 6.22. The van der Waals surface area contributed by atoms with Gasteiger partial charge < -0.3 is 4.74 Å².